The third-order valence-corrected chi connectivity index (χ3v) is 2.60. The number of rotatable bonds is 2. The molecule has 0 aliphatic carbocycles. The summed E-state index contributed by atoms with van der Waals surface area (Å²) in [5.74, 6) is 1.84. The van der Waals surface area contributed by atoms with Crippen molar-refractivity contribution in [2.24, 2.45) is 5.92 Å². The number of nitrogens with one attached hydrogen (secondary N) is 1. The Balaban J connectivity index is 2.04. The normalized spacial score (nSPS) is 22.1. The number of hydrogen-bond donors (Lipinski definition) is 1. The second-order valence-corrected chi connectivity index (χ2v) is 4.26. The highest BCUT2D eigenvalue weighted by Crippen LogP contribution is 2.09. The van der Waals surface area contributed by atoms with Crippen molar-refractivity contribution in [1.82, 2.24) is 19.8 Å². The van der Waals surface area contributed by atoms with Crippen LogP contribution in [0.25, 0.3) is 0 Å². The van der Waals surface area contributed by atoms with Crippen LogP contribution in [0.5, 0.6) is 0 Å². The summed E-state index contributed by atoms with van der Waals surface area (Å²) in [6, 6.07) is 0. The van der Waals surface area contributed by atoms with Gasteiger partial charge in [0.1, 0.15) is 5.82 Å². The second kappa shape index (κ2) is 4.11. The van der Waals surface area contributed by atoms with Gasteiger partial charge in [-0.3, -0.25) is 0 Å². The molecular formula is C10H18N4. The monoisotopic (exact) mass is 194 g/mol. The van der Waals surface area contributed by atoms with E-state index >= 15 is 0 Å². The third-order valence-electron chi connectivity index (χ3n) is 2.60. The Bertz CT molecular complexity index is 292. The predicted molar refractivity (Wildman–Crippen MR) is 56.0 cm³/mol. The van der Waals surface area contributed by atoms with Crippen LogP contribution in [0.3, 0.4) is 0 Å². The van der Waals surface area contributed by atoms with Gasteiger partial charge in [-0.1, -0.05) is 0 Å². The summed E-state index contributed by atoms with van der Waals surface area (Å²) in [7, 11) is 4.25. The first-order chi connectivity index (χ1) is 6.75. The predicted octanol–water partition coefficient (Wildman–Crippen LogP) is 0.164. The van der Waals surface area contributed by atoms with Crippen LogP contribution in [0.4, 0.5) is 0 Å². The number of nitrogens with zero attached hydrogens (tertiary/aromatic N) is 3. The molecule has 1 aromatic heterocycles. The lowest BCUT2D eigenvalue weighted by Crippen LogP contribution is -2.30. The summed E-state index contributed by atoms with van der Waals surface area (Å²) >= 11 is 0. The highest BCUT2D eigenvalue weighted by Gasteiger charge is 2.16. The SMILES string of the molecule is CN(C)CC1CNCc2nccn2C1. The third kappa shape index (κ3) is 2.13. The Morgan fingerprint density at radius 2 is 2.50 bits per heavy atom. The van der Waals surface area contributed by atoms with E-state index in [1.54, 1.807) is 0 Å². The van der Waals surface area contributed by atoms with Gasteiger partial charge in [0, 0.05) is 37.9 Å². The van der Waals surface area contributed by atoms with E-state index in [1.165, 1.54) is 0 Å². The first-order valence-corrected chi connectivity index (χ1v) is 5.11. The van der Waals surface area contributed by atoms with Gasteiger partial charge in [-0.2, -0.15) is 0 Å². The standard InChI is InChI=1S/C10H18N4/c1-13(2)7-9-5-11-6-10-12-3-4-14(10)8-9/h3-4,9,11H,5-8H2,1-2H3. The minimum Gasteiger partial charge on any atom is -0.333 e. The summed E-state index contributed by atoms with van der Waals surface area (Å²) in [6.07, 6.45) is 3.96. The first kappa shape index (κ1) is 9.68. The zero-order valence-electron chi connectivity index (χ0n) is 8.90. The Hall–Kier alpha value is -0.870. The zero-order chi connectivity index (χ0) is 9.97. The van der Waals surface area contributed by atoms with Crippen molar-refractivity contribution in [1.29, 1.82) is 0 Å². The molecule has 2 rings (SSSR count). The average molecular weight is 194 g/mol. The Kier molecular flexibility index (Phi) is 2.84. The van der Waals surface area contributed by atoms with Crippen LogP contribution in [-0.4, -0.2) is 41.6 Å². The molecule has 0 spiro atoms. The molecule has 1 aromatic rings. The molecule has 1 atom stereocenters. The van der Waals surface area contributed by atoms with Crippen LogP contribution in [0.15, 0.2) is 12.4 Å². The molecule has 0 fully saturated rings. The summed E-state index contributed by atoms with van der Waals surface area (Å²) in [5, 5.41) is 3.44. The molecule has 2 heterocycles. The fraction of sp³-hybridized carbons (Fsp3) is 0.700. The molecule has 0 radical (unpaired) electrons. The van der Waals surface area contributed by atoms with Gasteiger partial charge in [0.25, 0.3) is 0 Å². The summed E-state index contributed by atoms with van der Waals surface area (Å²) in [5.41, 5.74) is 0. The summed E-state index contributed by atoms with van der Waals surface area (Å²) in [4.78, 5) is 6.56. The lowest BCUT2D eigenvalue weighted by molar-refractivity contribution is 0.299. The van der Waals surface area contributed by atoms with Crippen LogP contribution in [-0.2, 0) is 13.1 Å². The van der Waals surface area contributed by atoms with Crippen molar-refractivity contribution in [3.8, 4) is 0 Å². The summed E-state index contributed by atoms with van der Waals surface area (Å²) < 4.78 is 2.26. The van der Waals surface area contributed by atoms with Gasteiger partial charge in [-0.15, -0.1) is 0 Å². The lowest BCUT2D eigenvalue weighted by Gasteiger charge is -2.19. The van der Waals surface area contributed by atoms with Gasteiger partial charge >= 0.3 is 0 Å². The van der Waals surface area contributed by atoms with Crippen molar-refractivity contribution >= 4 is 0 Å². The van der Waals surface area contributed by atoms with Crippen molar-refractivity contribution in [2.75, 3.05) is 27.2 Å². The number of imidazole rings is 1. The van der Waals surface area contributed by atoms with E-state index in [0.717, 1.165) is 32.0 Å². The van der Waals surface area contributed by atoms with E-state index in [1.807, 2.05) is 6.20 Å². The van der Waals surface area contributed by atoms with E-state index in [0.29, 0.717) is 5.92 Å². The molecule has 1 N–H and O–H groups in total. The van der Waals surface area contributed by atoms with Crippen LogP contribution < -0.4 is 5.32 Å². The summed E-state index contributed by atoms with van der Waals surface area (Å²) in [6.45, 7) is 4.20. The van der Waals surface area contributed by atoms with Gasteiger partial charge in [-0.05, 0) is 14.1 Å². The first-order valence-electron chi connectivity index (χ1n) is 5.11. The van der Waals surface area contributed by atoms with Crippen molar-refractivity contribution in [2.45, 2.75) is 13.1 Å². The molecule has 1 aliphatic rings. The van der Waals surface area contributed by atoms with Gasteiger partial charge in [0.2, 0.25) is 0 Å². The molecule has 0 aromatic carbocycles. The maximum atomic E-state index is 4.32. The zero-order valence-corrected chi connectivity index (χ0v) is 8.90. The van der Waals surface area contributed by atoms with Gasteiger partial charge < -0.3 is 14.8 Å². The van der Waals surface area contributed by atoms with Gasteiger partial charge in [-0.25, -0.2) is 4.98 Å². The van der Waals surface area contributed by atoms with E-state index < -0.39 is 0 Å². The molecule has 1 unspecified atom stereocenters. The molecule has 0 saturated carbocycles. The molecule has 14 heavy (non-hydrogen) atoms. The van der Waals surface area contributed by atoms with Crippen LogP contribution in [0, 0.1) is 5.92 Å². The fourth-order valence-electron chi connectivity index (χ4n) is 2.04. The Morgan fingerprint density at radius 3 is 3.29 bits per heavy atom. The number of hydrogen-bond acceptors (Lipinski definition) is 3. The topological polar surface area (TPSA) is 33.1 Å². The second-order valence-electron chi connectivity index (χ2n) is 4.26. The highest BCUT2D eigenvalue weighted by molar-refractivity contribution is 4.94. The molecule has 0 bridgehead atoms. The van der Waals surface area contributed by atoms with Gasteiger partial charge in [0.05, 0.1) is 6.54 Å². The number of fused-ring (bicyclic) bond motifs is 1. The molecule has 78 valence electrons. The average Bonchev–Trinajstić information content (AvgIpc) is 2.44. The fourth-order valence-corrected chi connectivity index (χ4v) is 2.04. The molecular weight excluding hydrogens is 176 g/mol. The quantitative estimate of drug-likeness (QED) is 0.728. The molecule has 4 nitrogen and oxygen atoms in total. The lowest BCUT2D eigenvalue weighted by atomic mass is 10.1. The van der Waals surface area contributed by atoms with Gasteiger partial charge in [0.15, 0.2) is 0 Å². The van der Waals surface area contributed by atoms with Crippen molar-refractivity contribution in [3.63, 3.8) is 0 Å². The largest absolute Gasteiger partial charge is 0.333 e. The maximum absolute atomic E-state index is 4.32. The van der Waals surface area contributed by atoms with E-state index in [-0.39, 0.29) is 0 Å². The maximum Gasteiger partial charge on any atom is 0.122 e. The van der Waals surface area contributed by atoms with Crippen LogP contribution in [0.2, 0.25) is 0 Å². The molecule has 0 amide bonds. The Labute approximate surface area is 84.9 Å². The minimum absolute atomic E-state index is 0.681. The smallest absolute Gasteiger partial charge is 0.122 e. The van der Waals surface area contributed by atoms with E-state index in [4.69, 9.17) is 0 Å². The highest BCUT2D eigenvalue weighted by atomic mass is 15.1. The molecule has 4 heteroatoms. The van der Waals surface area contributed by atoms with Crippen LogP contribution >= 0.6 is 0 Å². The molecule has 0 saturated heterocycles. The van der Waals surface area contributed by atoms with E-state index in [9.17, 15) is 0 Å². The Morgan fingerprint density at radius 1 is 1.64 bits per heavy atom. The van der Waals surface area contributed by atoms with E-state index in [2.05, 4.69) is 40.1 Å². The van der Waals surface area contributed by atoms with Crippen LogP contribution in [0.1, 0.15) is 5.82 Å². The molecule has 1 aliphatic heterocycles. The number of aromatic nitrogens is 2. The van der Waals surface area contributed by atoms with Crippen molar-refractivity contribution < 1.29 is 0 Å². The minimum atomic E-state index is 0.681. The van der Waals surface area contributed by atoms with Crippen molar-refractivity contribution in [3.05, 3.63) is 18.2 Å².